The van der Waals surface area contributed by atoms with Crippen LogP contribution in [-0.2, 0) is 21.4 Å². The normalized spacial score (nSPS) is 26.0. The van der Waals surface area contributed by atoms with Crippen molar-refractivity contribution < 1.29 is 18.0 Å². The molecule has 0 unspecified atom stereocenters. The number of imide groups is 1. The van der Waals surface area contributed by atoms with Crippen LogP contribution in [0.5, 0.6) is 0 Å². The summed E-state index contributed by atoms with van der Waals surface area (Å²) < 4.78 is 24.8. The minimum absolute atomic E-state index is 0.131. The molecule has 2 aliphatic heterocycles. The Kier molecular flexibility index (Phi) is 3.65. The van der Waals surface area contributed by atoms with E-state index in [1.807, 2.05) is 30.3 Å². The number of hydrogen-bond donors (Lipinski definition) is 1. The molecule has 0 radical (unpaired) electrons. The molecule has 2 aliphatic rings. The summed E-state index contributed by atoms with van der Waals surface area (Å²) in [7, 11) is -3.49. The lowest BCUT2D eigenvalue weighted by molar-refractivity contribution is -0.134. The molecule has 2 atom stereocenters. The molecule has 118 valence electrons. The first-order valence-electron chi connectivity index (χ1n) is 7.00. The summed E-state index contributed by atoms with van der Waals surface area (Å²) in [6.07, 6.45) is 1.54. The molecule has 0 spiro atoms. The van der Waals surface area contributed by atoms with Gasteiger partial charge in [-0.1, -0.05) is 30.3 Å². The van der Waals surface area contributed by atoms with E-state index in [4.69, 9.17) is 0 Å². The largest absolute Gasteiger partial charge is 0.333 e. The summed E-state index contributed by atoms with van der Waals surface area (Å²) in [5.41, 5.74) is 0.813. The van der Waals surface area contributed by atoms with Crippen molar-refractivity contribution in [1.82, 2.24) is 14.5 Å². The van der Waals surface area contributed by atoms with Crippen LogP contribution >= 0.6 is 0 Å². The minimum Gasteiger partial charge on any atom is -0.333 e. The van der Waals surface area contributed by atoms with E-state index in [0.717, 1.165) is 16.7 Å². The van der Waals surface area contributed by atoms with Crippen molar-refractivity contribution >= 4 is 22.0 Å². The van der Waals surface area contributed by atoms with Crippen LogP contribution in [0.3, 0.4) is 0 Å². The van der Waals surface area contributed by atoms with Crippen LogP contribution in [0.4, 0.5) is 4.79 Å². The molecule has 2 saturated heterocycles. The molecule has 3 rings (SSSR count). The third-order valence-electron chi connectivity index (χ3n) is 4.03. The van der Waals surface area contributed by atoms with Crippen molar-refractivity contribution in [2.45, 2.75) is 25.0 Å². The summed E-state index contributed by atoms with van der Waals surface area (Å²) in [6.45, 7) is 0.381. The van der Waals surface area contributed by atoms with Crippen molar-refractivity contribution in [3.63, 3.8) is 0 Å². The van der Waals surface area contributed by atoms with Gasteiger partial charge >= 0.3 is 6.03 Å². The zero-order valence-electron chi connectivity index (χ0n) is 12.1. The molecule has 0 bridgehead atoms. The van der Waals surface area contributed by atoms with E-state index >= 15 is 0 Å². The highest BCUT2D eigenvalue weighted by Crippen LogP contribution is 2.27. The van der Waals surface area contributed by atoms with E-state index in [0.29, 0.717) is 6.42 Å². The van der Waals surface area contributed by atoms with Gasteiger partial charge in [0, 0.05) is 6.54 Å². The minimum atomic E-state index is -3.49. The van der Waals surface area contributed by atoms with E-state index in [1.165, 1.54) is 4.31 Å². The highest BCUT2D eigenvalue weighted by molar-refractivity contribution is 7.88. The van der Waals surface area contributed by atoms with Crippen molar-refractivity contribution in [2.24, 2.45) is 0 Å². The third-order valence-corrected chi connectivity index (χ3v) is 5.30. The van der Waals surface area contributed by atoms with Gasteiger partial charge in [0.05, 0.1) is 18.8 Å². The number of sulfonamides is 1. The van der Waals surface area contributed by atoms with E-state index in [-0.39, 0.29) is 13.1 Å². The molecule has 22 heavy (non-hydrogen) atoms. The first kappa shape index (κ1) is 15.0. The van der Waals surface area contributed by atoms with Gasteiger partial charge in [-0.15, -0.1) is 0 Å². The Morgan fingerprint density at radius 2 is 1.91 bits per heavy atom. The van der Waals surface area contributed by atoms with Gasteiger partial charge in [0.15, 0.2) is 0 Å². The molecule has 3 amide bonds. The third kappa shape index (κ3) is 2.59. The van der Waals surface area contributed by atoms with Gasteiger partial charge in [0.25, 0.3) is 5.91 Å². The predicted molar refractivity (Wildman–Crippen MR) is 79.3 cm³/mol. The number of urea groups is 1. The van der Waals surface area contributed by atoms with Crippen LogP contribution in [-0.4, -0.2) is 54.4 Å². The number of carbonyl (C=O) groups excluding carboxylic acids is 2. The molecule has 1 aromatic carbocycles. The van der Waals surface area contributed by atoms with E-state index in [2.05, 4.69) is 5.32 Å². The number of carbonyl (C=O) groups is 2. The fourth-order valence-electron chi connectivity index (χ4n) is 2.99. The average molecular weight is 323 g/mol. The first-order valence-corrected chi connectivity index (χ1v) is 8.85. The summed E-state index contributed by atoms with van der Waals surface area (Å²) in [5.74, 6) is -0.458. The highest BCUT2D eigenvalue weighted by Gasteiger charge is 2.50. The maximum absolute atomic E-state index is 12.6. The predicted octanol–water partition coefficient (Wildman–Crippen LogP) is 0.141. The molecule has 0 saturated carbocycles. The molecule has 8 heteroatoms. The highest BCUT2D eigenvalue weighted by atomic mass is 32.2. The number of nitrogens with zero attached hydrogens (tertiary/aromatic N) is 2. The van der Waals surface area contributed by atoms with Crippen molar-refractivity contribution in [2.75, 3.05) is 12.8 Å². The van der Waals surface area contributed by atoms with Gasteiger partial charge in [-0.25, -0.2) is 13.2 Å². The monoisotopic (exact) mass is 323 g/mol. The van der Waals surface area contributed by atoms with Crippen molar-refractivity contribution in [3.8, 4) is 0 Å². The summed E-state index contributed by atoms with van der Waals surface area (Å²) in [4.78, 5) is 25.9. The van der Waals surface area contributed by atoms with Gasteiger partial charge in [-0.3, -0.25) is 9.69 Å². The summed E-state index contributed by atoms with van der Waals surface area (Å²) >= 11 is 0. The van der Waals surface area contributed by atoms with E-state index in [1.54, 1.807) is 0 Å². The average Bonchev–Trinajstić information content (AvgIpc) is 2.88. The van der Waals surface area contributed by atoms with Crippen LogP contribution in [0.2, 0.25) is 0 Å². The quantitative estimate of drug-likeness (QED) is 0.857. The number of hydrogen-bond acceptors (Lipinski definition) is 4. The Hall–Kier alpha value is -1.93. The number of nitrogens with one attached hydrogen (secondary N) is 1. The SMILES string of the molecule is CS(=O)(=O)N1CC[C@H]2NC(=O)N(Cc3ccccc3)C(=O)[C@H]21. The second-order valence-corrected chi connectivity index (χ2v) is 7.51. The van der Waals surface area contributed by atoms with E-state index in [9.17, 15) is 18.0 Å². The lowest BCUT2D eigenvalue weighted by Gasteiger charge is -2.36. The fraction of sp³-hybridized carbons (Fsp3) is 0.429. The first-order chi connectivity index (χ1) is 10.4. The maximum Gasteiger partial charge on any atom is 0.324 e. The second kappa shape index (κ2) is 5.36. The molecule has 2 fully saturated rings. The summed E-state index contributed by atoms with van der Waals surface area (Å²) in [6, 6.07) is 7.38. The smallest absolute Gasteiger partial charge is 0.324 e. The Balaban J connectivity index is 1.87. The zero-order chi connectivity index (χ0) is 15.9. The number of amides is 3. The van der Waals surface area contributed by atoms with Crippen LogP contribution < -0.4 is 5.32 Å². The molecular formula is C14H17N3O4S. The maximum atomic E-state index is 12.6. The van der Waals surface area contributed by atoms with Gasteiger partial charge < -0.3 is 5.32 Å². The van der Waals surface area contributed by atoms with Gasteiger partial charge in [0.2, 0.25) is 10.0 Å². The van der Waals surface area contributed by atoms with Crippen molar-refractivity contribution in [3.05, 3.63) is 35.9 Å². The molecule has 7 nitrogen and oxygen atoms in total. The Morgan fingerprint density at radius 3 is 2.55 bits per heavy atom. The van der Waals surface area contributed by atoms with Gasteiger partial charge in [-0.2, -0.15) is 4.31 Å². The van der Waals surface area contributed by atoms with Crippen LogP contribution in [0.15, 0.2) is 30.3 Å². The van der Waals surface area contributed by atoms with Gasteiger partial charge in [0.1, 0.15) is 6.04 Å². The number of fused-ring (bicyclic) bond motifs is 1. The van der Waals surface area contributed by atoms with E-state index < -0.39 is 34.0 Å². The zero-order valence-corrected chi connectivity index (χ0v) is 12.9. The molecule has 1 N–H and O–H groups in total. The Bertz CT molecular complexity index is 704. The number of benzene rings is 1. The van der Waals surface area contributed by atoms with Crippen LogP contribution in [0.1, 0.15) is 12.0 Å². The molecule has 0 aliphatic carbocycles. The Morgan fingerprint density at radius 1 is 1.23 bits per heavy atom. The van der Waals surface area contributed by atoms with Crippen molar-refractivity contribution in [1.29, 1.82) is 0 Å². The molecular weight excluding hydrogens is 306 g/mol. The summed E-state index contributed by atoms with van der Waals surface area (Å²) in [5, 5.41) is 2.74. The molecule has 1 aromatic rings. The lowest BCUT2D eigenvalue weighted by atomic mass is 10.1. The molecule has 2 heterocycles. The second-order valence-electron chi connectivity index (χ2n) is 5.57. The standard InChI is InChI=1S/C14H17N3O4S/c1-22(20,21)17-8-7-11-12(17)13(18)16(14(19)15-11)9-10-5-3-2-4-6-10/h2-6,11-12H,7-9H2,1H3,(H,15,19)/t11-,12+/m1/s1. The topological polar surface area (TPSA) is 86.8 Å². The number of rotatable bonds is 3. The molecule has 0 aromatic heterocycles. The van der Waals surface area contributed by atoms with Gasteiger partial charge in [-0.05, 0) is 12.0 Å². The van der Waals surface area contributed by atoms with Crippen LogP contribution in [0, 0.1) is 0 Å². The lowest BCUT2D eigenvalue weighted by Crippen LogP contribution is -2.64. The fourth-order valence-corrected chi connectivity index (χ4v) is 4.08. The van der Waals surface area contributed by atoms with Crippen LogP contribution in [0.25, 0.3) is 0 Å². The Labute approximate surface area is 128 Å².